The Balaban J connectivity index is 1.21. The number of ether oxygens (including phenoxy) is 1. The number of amides is 1. The van der Waals surface area contributed by atoms with Crippen LogP contribution in [0.3, 0.4) is 0 Å². The lowest BCUT2D eigenvalue weighted by Gasteiger charge is -2.54. The fourth-order valence-electron chi connectivity index (χ4n) is 11.0. The number of hydrogen-bond acceptors (Lipinski definition) is 5. The minimum absolute atomic E-state index is 0.0212. The van der Waals surface area contributed by atoms with E-state index in [0.717, 1.165) is 51.0 Å². The van der Waals surface area contributed by atoms with E-state index in [1.807, 2.05) is 14.1 Å². The van der Waals surface area contributed by atoms with Gasteiger partial charge in [0.05, 0.1) is 18.2 Å². The molecule has 1 amide bonds. The van der Waals surface area contributed by atoms with Gasteiger partial charge in [-0.25, -0.2) is 5.14 Å². The summed E-state index contributed by atoms with van der Waals surface area (Å²) < 4.78 is 33.3. The van der Waals surface area contributed by atoms with Crippen molar-refractivity contribution in [3.63, 3.8) is 0 Å². The van der Waals surface area contributed by atoms with Crippen molar-refractivity contribution in [3.8, 4) is 0 Å². The lowest BCUT2D eigenvalue weighted by molar-refractivity contribution is -0.132. The summed E-state index contributed by atoms with van der Waals surface area (Å²) in [5.41, 5.74) is 3.44. The van der Waals surface area contributed by atoms with E-state index in [-0.39, 0.29) is 29.1 Å². The standard InChI is InChI=1S/C32H54N4O4S/c1-19-13-28-30(36(17-19)18-29(37)35(5)6)21(3)32(40-28)12-10-24-25-8-7-22-14-23(34-41(33,38)39)9-11-31(22,4)27(25)15-26(24)20(2)16-32/h19,21-25,27-28,30,34H,7-18H2,1-6H3,(H2,33,38,39)/t19-,21+,22+,23?,24-,25-,27-,28+,30-,31-,32-/m0/s1. The molecule has 3 N–H and O–H groups in total. The van der Waals surface area contributed by atoms with Crippen molar-refractivity contribution in [1.82, 2.24) is 14.5 Å². The van der Waals surface area contributed by atoms with Gasteiger partial charge in [-0.3, -0.25) is 9.69 Å². The summed E-state index contributed by atoms with van der Waals surface area (Å²) in [5.74, 6) is 3.75. The number of likely N-dealkylation sites (N-methyl/N-ethyl adjacent to an activating group) is 1. The molecule has 1 spiro atoms. The van der Waals surface area contributed by atoms with E-state index in [1.54, 1.807) is 16.0 Å². The average Bonchev–Trinajstić information content (AvgIpc) is 3.33. The summed E-state index contributed by atoms with van der Waals surface area (Å²) in [7, 11) is 0.0579. The molecule has 41 heavy (non-hydrogen) atoms. The second-order valence-corrected chi connectivity index (χ2v) is 16.9. The summed E-state index contributed by atoms with van der Waals surface area (Å²) in [6, 6.07) is 0.293. The van der Waals surface area contributed by atoms with Gasteiger partial charge in [0.15, 0.2) is 0 Å². The van der Waals surface area contributed by atoms with E-state index in [4.69, 9.17) is 9.88 Å². The quantitative estimate of drug-likeness (QED) is 0.481. The lowest BCUT2D eigenvalue weighted by atomic mass is 9.52. The van der Waals surface area contributed by atoms with Crippen molar-refractivity contribution >= 4 is 16.1 Å². The maximum atomic E-state index is 12.8. The molecule has 2 saturated heterocycles. The minimum Gasteiger partial charge on any atom is -0.369 e. The van der Waals surface area contributed by atoms with Crippen molar-refractivity contribution in [3.05, 3.63) is 11.1 Å². The Kier molecular flexibility index (Phi) is 7.74. The number of carbonyl (C=O) groups is 1. The van der Waals surface area contributed by atoms with Gasteiger partial charge in [-0.05, 0) is 106 Å². The summed E-state index contributed by atoms with van der Waals surface area (Å²) in [4.78, 5) is 16.9. The van der Waals surface area contributed by atoms with Crippen molar-refractivity contribution in [1.29, 1.82) is 0 Å². The van der Waals surface area contributed by atoms with Crippen molar-refractivity contribution in [2.24, 2.45) is 46.1 Å². The van der Waals surface area contributed by atoms with E-state index in [2.05, 4.69) is 37.3 Å². The third kappa shape index (κ3) is 5.23. The summed E-state index contributed by atoms with van der Waals surface area (Å²) in [6.07, 6.45) is 11.2. The van der Waals surface area contributed by atoms with Crippen LogP contribution in [0.15, 0.2) is 11.1 Å². The number of nitrogens with two attached hydrogens (primary N) is 1. The van der Waals surface area contributed by atoms with Gasteiger partial charge in [0.2, 0.25) is 5.91 Å². The Morgan fingerprint density at radius 2 is 1.90 bits per heavy atom. The summed E-state index contributed by atoms with van der Waals surface area (Å²) >= 11 is 0. The van der Waals surface area contributed by atoms with Crippen LogP contribution in [-0.4, -0.2) is 75.1 Å². The van der Waals surface area contributed by atoms with E-state index in [0.29, 0.717) is 42.2 Å². The minimum atomic E-state index is -3.66. The van der Waals surface area contributed by atoms with Crippen LogP contribution in [0.25, 0.3) is 0 Å². The van der Waals surface area contributed by atoms with Crippen molar-refractivity contribution in [2.75, 3.05) is 27.2 Å². The van der Waals surface area contributed by atoms with Gasteiger partial charge in [-0.1, -0.05) is 31.9 Å². The Morgan fingerprint density at radius 1 is 1.15 bits per heavy atom. The summed E-state index contributed by atoms with van der Waals surface area (Å²) in [5, 5.41) is 5.33. The first kappa shape index (κ1) is 30.0. The topological polar surface area (TPSA) is 105 Å². The average molecular weight is 591 g/mol. The highest BCUT2D eigenvalue weighted by molar-refractivity contribution is 7.87. The highest BCUT2D eigenvalue weighted by atomic mass is 32.2. The van der Waals surface area contributed by atoms with Crippen LogP contribution >= 0.6 is 0 Å². The zero-order valence-electron chi connectivity index (χ0n) is 26.2. The number of piperidine rings is 1. The van der Waals surface area contributed by atoms with E-state index >= 15 is 0 Å². The van der Waals surface area contributed by atoms with Crippen molar-refractivity contribution in [2.45, 2.75) is 116 Å². The fourth-order valence-corrected chi connectivity index (χ4v) is 11.7. The van der Waals surface area contributed by atoms with Crippen LogP contribution in [0, 0.1) is 40.9 Å². The molecular formula is C32H54N4O4S. The third-order valence-corrected chi connectivity index (χ3v) is 13.7. The van der Waals surface area contributed by atoms with E-state index in [1.165, 1.54) is 25.7 Å². The molecule has 11 atom stereocenters. The molecule has 1 unspecified atom stereocenters. The molecule has 5 fully saturated rings. The van der Waals surface area contributed by atoms with Gasteiger partial charge in [-0.15, -0.1) is 0 Å². The molecule has 0 radical (unpaired) electrons. The molecule has 0 aromatic carbocycles. The number of nitrogens with zero attached hydrogens (tertiary/aromatic N) is 2. The maximum Gasteiger partial charge on any atom is 0.274 e. The highest BCUT2D eigenvalue weighted by Crippen LogP contribution is 2.65. The number of hydrogen-bond donors (Lipinski definition) is 2. The maximum absolute atomic E-state index is 12.8. The largest absolute Gasteiger partial charge is 0.369 e. The molecule has 0 aromatic rings. The smallest absolute Gasteiger partial charge is 0.274 e. The van der Waals surface area contributed by atoms with Gasteiger partial charge in [0.1, 0.15) is 0 Å². The molecule has 0 bridgehead atoms. The number of nitrogens with one attached hydrogen (secondary N) is 1. The molecule has 3 saturated carbocycles. The Morgan fingerprint density at radius 3 is 2.61 bits per heavy atom. The van der Waals surface area contributed by atoms with Crippen LogP contribution in [0.5, 0.6) is 0 Å². The van der Waals surface area contributed by atoms with Crippen LogP contribution in [0.4, 0.5) is 0 Å². The molecule has 4 aliphatic carbocycles. The second kappa shape index (κ2) is 10.6. The SMILES string of the molecule is CC1=C2C[C@H]3[C@@H](CC[C@@H]4CC(NS(N)(=O)=O)CC[C@@]43C)[C@@H]2CC[C@@]2(C1)O[C@@H]1C[C@H](C)CN(CC(=O)N(C)C)[C@H]1[C@H]2C. The molecular weight excluding hydrogens is 536 g/mol. The fraction of sp³-hybridized carbons (Fsp3) is 0.906. The van der Waals surface area contributed by atoms with Gasteiger partial charge in [-0.2, -0.15) is 13.1 Å². The Labute approximate surface area is 248 Å². The van der Waals surface area contributed by atoms with Gasteiger partial charge in [0.25, 0.3) is 10.2 Å². The predicted molar refractivity (Wildman–Crippen MR) is 161 cm³/mol. The molecule has 9 heteroatoms. The Hall–Kier alpha value is -1.00. The highest BCUT2D eigenvalue weighted by Gasteiger charge is 2.60. The molecule has 0 aromatic heterocycles. The molecule has 6 rings (SSSR count). The normalized spacial score (nSPS) is 46.5. The van der Waals surface area contributed by atoms with Crippen LogP contribution in [-0.2, 0) is 19.7 Å². The third-order valence-electron chi connectivity index (χ3n) is 13.0. The second-order valence-electron chi connectivity index (χ2n) is 15.6. The number of fused-ring (bicyclic) bond motifs is 6. The number of rotatable bonds is 4. The first-order valence-corrected chi connectivity index (χ1v) is 17.9. The van der Waals surface area contributed by atoms with Gasteiger partial charge in [0, 0.05) is 38.6 Å². The number of likely N-dealkylation sites (tertiary alicyclic amines) is 1. The zero-order valence-corrected chi connectivity index (χ0v) is 27.0. The number of allylic oxidation sites excluding steroid dienone is 1. The molecule has 8 nitrogen and oxygen atoms in total. The molecule has 2 heterocycles. The number of carbonyl (C=O) groups excluding carboxylic acids is 1. The first-order valence-electron chi connectivity index (χ1n) is 16.3. The van der Waals surface area contributed by atoms with Gasteiger partial charge < -0.3 is 9.64 Å². The zero-order chi connectivity index (χ0) is 29.5. The first-order chi connectivity index (χ1) is 19.2. The molecule has 2 aliphatic heterocycles. The van der Waals surface area contributed by atoms with E-state index in [9.17, 15) is 13.2 Å². The molecule has 6 aliphatic rings. The lowest BCUT2D eigenvalue weighted by Crippen LogP contribution is -2.54. The molecule has 232 valence electrons. The van der Waals surface area contributed by atoms with Crippen LogP contribution in [0.2, 0.25) is 0 Å². The predicted octanol–water partition coefficient (Wildman–Crippen LogP) is 4.07. The van der Waals surface area contributed by atoms with Crippen LogP contribution < -0.4 is 9.86 Å². The van der Waals surface area contributed by atoms with Crippen molar-refractivity contribution < 1.29 is 17.9 Å². The van der Waals surface area contributed by atoms with Crippen LogP contribution in [0.1, 0.15) is 91.9 Å². The van der Waals surface area contributed by atoms with E-state index < -0.39 is 10.2 Å². The van der Waals surface area contributed by atoms with Gasteiger partial charge >= 0.3 is 0 Å². The monoisotopic (exact) mass is 590 g/mol. The Bertz CT molecular complexity index is 1190. The summed E-state index contributed by atoms with van der Waals surface area (Å²) in [6.45, 7) is 11.1.